The molecule has 1 fully saturated rings. The average Bonchev–Trinajstić information content (AvgIpc) is 2.50. The number of benzene rings is 1. The molecule has 1 aromatic rings. The molecule has 0 aromatic heterocycles. The predicted octanol–water partition coefficient (Wildman–Crippen LogP) is 1.80. The maximum absolute atomic E-state index is 10.1. The van der Waals surface area contributed by atoms with Crippen molar-refractivity contribution >= 4 is 0 Å². The van der Waals surface area contributed by atoms with Gasteiger partial charge in [0, 0.05) is 19.2 Å². The SMILES string of the molecule is OCCC1CCCCN1CC(O)COCc1ccccc1. The van der Waals surface area contributed by atoms with Crippen molar-refractivity contribution in [1.82, 2.24) is 4.90 Å². The van der Waals surface area contributed by atoms with E-state index in [-0.39, 0.29) is 6.61 Å². The molecule has 2 atom stereocenters. The lowest BCUT2D eigenvalue weighted by molar-refractivity contribution is -0.00605. The van der Waals surface area contributed by atoms with Crippen LogP contribution in [0.1, 0.15) is 31.2 Å². The van der Waals surface area contributed by atoms with E-state index in [0.717, 1.165) is 24.9 Å². The number of piperidine rings is 1. The van der Waals surface area contributed by atoms with Crippen molar-refractivity contribution < 1.29 is 14.9 Å². The van der Waals surface area contributed by atoms with E-state index in [2.05, 4.69) is 4.90 Å². The van der Waals surface area contributed by atoms with Crippen molar-refractivity contribution in [2.75, 3.05) is 26.3 Å². The number of ether oxygens (including phenoxy) is 1. The van der Waals surface area contributed by atoms with Crippen LogP contribution < -0.4 is 0 Å². The van der Waals surface area contributed by atoms with E-state index >= 15 is 0 Å². The summed E-state index contributed by atoms with van der Waals surface area (Å²) in [5.74, 6) is 0. The minimum atomic E-state index is -0.465. The van der Waals surface area contributed by atoms with E-state index < -0.39 is 6.10 Å². The first-order valence-electron chi connectivity index (χ1n) is 7.94. The molecule has 4 heteroatoms. The molecular formula is C17H27NO3. The third-order valence-electron chi connectivity index (χ3n) is 4.08. The molecule has 0 bridgehead atoms. The highest BCUT2D eigenvalue weighted by Crippen LogP contribution is 2.19. The number of aliphatic hydroxyl groups excluding tert-OH is 2. The number of nitrogens with zero attached hydrogens (tertiary/aromatic N) is 1. The van der Waals surface area contributed by atoms with Gasteiger partial charge in [0.25, 0.3) is 0 Å². The summed E-state index contributed by atoms with van der Waals surface area (Å²) in [6, 6.07) is 10.4. The Kier molecular flexibility index (Phi) is 7.16. The highest BCUT2D eigenvalue weighted by atomic mass is 16.5. The molecule has 0 saturated carbocycles. The second-order valence-corrected chi connectivity index (χ2v) is 5.81. The van der Waals surface area contributed by atoms with Gasteiger partial charge in [0.2, 0.25) is 0 Å². The van der Waals surface area contributed by atoms with Gasteiger partial charge in [-0.25, -0.2) is 0 Å². The molecule has 0 radical (unpaired) electrons. The van der Waals surface area contributed by atoms with Gasteiger partial charge in [0.1, 0.15) is 0 Å². The van der Waals surface area contributed by atoms with Gasteiger partial charge in [-0.15, -0.1) is 0 Å². The maximum Gasteiger partial charge on any atom is 0.0900 e. The predicted molar refractivity (Wildman–Crippen MR) is 83.0 cm³/mol. The molecule has 0 aliphatic carbocycles. The largest absolute Gasteiger partial charge is 0.396 e. The van der Waals surface area contributed by atoms with Crippen LogP contribution in [-0.4, -0.2) is 53.6 Å². The van der Waals surface area contributed by atoms with Crippen LogP contribution in [-0.2, 0) is 11.3 Å². The molecule has 1 heterocycles. The Morgan fingerprint density at radius 2 is 2.05 bits per heavy atom. The number of hydrogen-bond acceptors (Lipinski definition) is 4. The first-order valence-corrected chi connectivity index (χ1v) is 7.94. The maximum atomic E-state index is 10.1. The number of β-amino-alcohol motifs (C(OH)–C–C–N with tert-alkyl or cyclic N) is 1. The van der Waals surface area contributed by atoms with Gasteiger partial charge >= 0.3 is 0 Å². The van der Waals surface area contributed by atoms with Crippen molar-refractivity contribution in [3.8, 4) is 0 Å². The first kappa shape index (κ1) is 16.4. The number of likely N-dealkylation sites (tertiary alicyclic amines) is 1. The summed E-state index contributed by atoms with van der Waals surface area (Å²) in [4.78, 5) is 2.30. The molecule has 0 amide bonds. The van der Waals surface area contributed by atoms with Crippen LogP contribution in [0.3, 0.4) is 0 Å². The average molecular weight is 293 g/mol. The van der Waals surface area contributed by atoms with Gasteiger partial charge in [-0.05, 0) is 31.4 Å². The monoisotopic (exact) mass is 293 g/mol. The molecule has 1 aliphatic rings. The third-order valence-corrected chi connectivity index (χ3v) is 4.08. The highest BCUT2D eigenvalue weighted by molar-refractivity contribution is 5.13. The van der Waals surface area contributed by atoms with E-state index in [1.165, 1.54) is 12.8 Å². The number of aliphatic hydroxyl groups is 2. The zero-order valence-electron chi connectivity index (χ0n) is 12.7. The fourth-order valence-corrected chi connectivity index (χ4v) is 2.99. The van der Waals surface area contributed by atoms with Gasteiger partial charge in [0.15, 0.2) is 0 Å². The Morgan fingerprint density at radius 3 is 2.81 bits per heavy atom. The van der Waals surface area contributed by atoms with Gasteiger partial charge in [-0.2, -0.15) is 0 Å². The Morgan fingerprint density at radius 1 is 1.24 bits per heavy atom. The zero-order chi connectivity index (χ0) is 14.9. The summed E-state index contributed by atoms with van der Waals surface area (Å²) >= 11 is 0. The molecule has 118 valence electrons. The second-order valence-electron chi connectivity index (χ2n) is 5.81. The zero-order valence-corrected chi connectivity index (χ0v) is 12.7. The van der Waals surface area contributed by atoms with E-state index in [1.807, 2.05) is 30.3 Å². The molecule has 21 heavy (non-hydrogen) atoms. The minimum absolute atomic E-state index is 0.224. The standard InChI is InChI=1S/C17H27NO3/c19-11-9-16-8-4-5-10-18(16)12-17(20)14-21-13-15-6-2-1-3-7-15/h1-3,6-7,16-17,19-20H,4-5,8-14H2. The van der Waals surface area contributed by atoms with E-state index in [1.54, 1.807) is 0 Å². The number of rotatable bonds is 8. The lowest BCUT2D eigenvalue weighted by atomic mass is 9.99. The van der Waals surface area contributed by atoms with Crippen LogP contribution in [0.25, 0.3) is 0 Å². The van der Waals surface area contributed by atoms with Gasteiger partial charge in [-0.1, -0.05) is 36.8 Å². The topological polar surface area (TPSA) is 52.9 Å². The van der Waals surface area contributed by atoms with E-state index in [4.69, 9.17) is 9.84 Å². The smallest absolute Gasteiger partial charge is 0.0900 e. The van der Waals surface area contributed by atoms with Crippen molar-refractivity contribution in [2.24, 2.45) is 0 Å². The fourth-order valence-electron chi connectivity index (χ4n) is 2.99. The summed E-state index contributed by atoms with van der Waals surface area (Å²) in [5, 5.41) is 19.3. The van der Waals surface area contributed by atoms with Gasteiger partial charge in [-0.3, -0.25) is 4.90 Å². The Hall–Kier alpha value is -0.940. The molecule has 4 nitrogen and oxygen atoms in total. The van der Waals surface area contributed by atoms with Crippen LogP contribution in [0, 0.1) is 0 Å². The second kappa shape index (κ2) is 9.15. The lowest BCUT2D eigenvalue weighted by Crippen LogP contribution is -2.45. The van der Waals surface area contributed by atoms with Crippen molar-refractivity contribution in [2.45, 2.75) is 44.4 Å². The normalized spacial score (nSPS) is 21.3. The summed E-state index contributed by atoms with van der Waals surface area (Å²) < 4.78 is 5.59. The van der Waals surface area contributed by atoms with Crippen LogP contribution in [0.4, 0.5) is 0 Å². The van der Waals surface area contributed by atoms with Crippen molar-refractivity contribution in [3.05, 3.63) is 35.9 Å². The summed E-state index contributed by atoms with van der Waals surface area (Å²) in [5.41, 5.74) is 1.13. The van der Waals surface area contributed by atoms with Crippen molar-refractivity contribution in [3.63, 3.8) is 0 Å². The first-order chi connectivity index (χ1) is 10.3. The van der Waals surface area contributed by atoms with Crippen LogP contribution in [0.15, 0.2) is 30.3 Å². The lowest BCUT2D eigenvalue weighted by Gasteiger charge is -2.36. The molecule has 2 unspecified atom stereocenters. The quantitative estimate of drug-likeness (QED) is 0.767. The van der Waals surface area contributed by atoms with Crippen LogP contribution in [0.2, 0.25) is 0 Å². The summed E-state index contributed by atoms with van der Waals surface area (Å²) in [6.07, 6.45) is 3.87. The highest BCUT2D eigenvalue weighted by Gasteiger charge is 2.23. The molecular weight excluding hydrogens is 266 g/mol. The van der Waals surface area contributed by atoms with E-state index in [0.29, 0.717) is 25.8 Å². The van der Waals surface area contributed by atoms with Crippen LogP contribution >= 0.6 is 0 Å². The van der Waals surface area contributed by atoms with Gasteiger partial charge in [0.05, 0.1) is 19.3 Å². The van der Waals surface area contributed by atoms with Crippen LogP contribution in [0.5, 0.6) is 0 Å². The molecule has 0 spiro atoms. The Balaban J connectivity index is 1.69. The fraction of sp³-hybridized carbons (Fsp3) is 0.647. The third kappa shape index (κ3) is 5.75. The molecule has 2 rings (SSSR count). The van der Waals surface area contributed by atoms with Gasteiger partial charge < -0.3 is 14.9 Å². The van der Waals surface area contributed by atoms with Crippen molar-refractivity contribution in [1.29, 1.82) is 0 Å². The number of hydrogen-bond donors (Lipinski definition) is 2. The minimum Gasteiger partial charge on any atom is -0.396 e. The van der Waals surface area contributed by atoms with E-state index in [9.17, 15) is 5.11 Å². The molecule has 1 saturated heterocycles. The Labute approximate surface area is 127 Å². The molecule has 1 aromatic carbocycles. The summed E-state index contributed by atoms with van der Waals surface area (Å²) in [6.45, 7) is 2.77. The summed E-state index contributed by atoms with van der Waals surface area (Å²) in [7, 11) is 0. The molecule has 1 aliphatic heterocycles. The Bertz CT molecular complexity index is 383. The molecule has 2 N–H and O–H groups in total.